The Kier molecular flexibility index (Phi) is 3.23. The van der Waals surface area contributed by atoms with Crippen LogP contribution in [0.2, 0.25) is 0 Å². The maximum atomic E-state index is 9.89. The third kappa shape index (κ3) is 2.70. The van der Waals surface area contributed by atoms with Crippen molar-refractivity contribution in [2.24, 2.45) is 0 Å². The Balaban J connectivity index is 2.12. The lowest BCUT2D eigenvalue weighted by molar-refractivity contribution is 0.170. The number of hydrogen-bond donors (Lipinski definition) is 2. The van der Waals surface area contributed by atoms with E-state index >= 15 is 0 Å². The smallest absolute Gasteiger partial charge is 0.125 e. The Hall–Kier alpha value is -1.06. The maximum absolute atomic E-state index is 9.89. The van der Waals surface area contributed by atoms with Crippen LogP contribution in [0, 0.1) is 0 Å². The molecule has 0 radical (unpaired) electrons. The van der Waals surface area contributed by atoms with E-state index in [4.69, 9.17) is 4.74 Å². The summed E-state index contributed by atoms with van der Waals surface area (Å²) in [6.07, 6.45) is 2.14. The van der Waals surface area contributed by atoms with Gasteiger partial charge in [-0.25, -0.2) is 0 Å². The Bertz CT molecular complexity index is 323. The van der Waals surface area contributed by atoms with Crippen molar-refractivity contribution < 1.29 is 9.84 Å². The topological polar surface area (TPSA) is 41.5 Å². The molecule has 1 atom stereocenters. The van der Waals surface area contributed by atoms with E-state index in [0.717, 1.165) is 24.2 Å². The lowest BCUT2D eigenvalue weighted by Crippen LogP contribution is -2.17. The highest BCUT2D eigenvalue weighted by atomic mass is 16.5. The Morgan fingerprint density at radius 3 is 2.87 bits per heavy atom. The van der Waals surface area contributed by atoms with E-state index in [1.165, 1.54) is 0 Å². The van der Waals surface area contributed by atoms with Gasteiger partial charge in [0.15, 0.2) is 0 Å². The summed E-state index contributed by atoms with van der Waals surface area (Å²) in [6.45, 7) is 0.547. The fourth-order valence-electron chi connectivity index (χ4n) is 1.53. The van der Waals surface area contributed by atoms with Crippen molar-refractivity contribution in [1.29, 1.82) is 0 Å². The van der Waals surface area contributed by atoms with Crippen LogP contribution in [0.3, 0.4) is 0 Å². The number of aliphatic hydroxyl groups is 1. The van der Waals surface area contributed by atoms with Gasteiger partial charge in [0.2, 0.25) is 0 Å². The van der Waals surface area contributed by atoms with E-state index in [-0.39, 0.29) is 0 Å². The minimum atomic E-state index is -0.495. The molecule has 1 unspecified atom stereocenters. The Morgan fingerprint density at radius 1 is 1.47 bits per heavy atom. The summed E-state index contributed by atoms with van der Waals surface area (Å²) in [5.41, 5.74) is 0.874. The highest BCUT2D eigenvalue weighted by molar-refractivity contribution is 5.35. The SMILES string of the molecule is CNCC(O)c1ccccc1OC1CC1. The molecule has 2 rings (SSSR count). The van der Waals surface area contributed by atoms with E-state index in [9.17, 15) is 5.11 Å². The molecule has 3 nitrogen and oxygen atoms in total. The van der Waals surface area contributed by atoms with Crippen LogP contribution in [0.25, 0.3) is 0 Å². The number of aliphatic hydroxyl groups excluding tert-OH is 1. The van der Waals surface area contributed by atoms with Crippen LogP contribution in [-0.4, -0.2) is 24.8 Å². The molecule has 0 spiro atoms. The molecule has 0 aromatic heterocycles. The van der Waals surface area contributed by atoms with Gasteiger partial charge in [-0.05, 0) is 26.0 Å². The molecule has 0 amide bonds. The lowest BCUT2D eigenvalue weighted by atomic mass is 10.1. The zero-order valence-corrected chi connectivity index (χ0v) is 8.94. The average Bonchev–Trinajstić information content (AvgIpc) is 3.03. The fraction of sp³-hybridized carbons (Fsp3) is 0.500. The van der Waals surface area contributed by atoms with Crippen LogP contribution >= 0.6 is 0 Å². The predicted octanol–water partition coefficient (Wildman–Crippen LogP) is 1.48. The molecule has 1 fully saturated rings. The zero-order chi connectivity index (χ0) is 10.7. The number of ether oxygens (including phenoxy) is 1. The van der Waals surface area contributed by atoms with E-state index in [1.54, 1.807) is 0 Å². The van der Waals surface area contributed by atoms with Crippen molar-refractivity contribution in [2.45, 2.75) is 25.0 Å². The number of rotatable bonds is 5. The lowest BCUT2D eigenvalue weighted by Gasteiger charge is -2.15. The third-order valence-corrected chi connectivity index (χ3v) is 2.49. The van der Waals surface area contributed by atoms with Gasteiger partial charge in [-0.15, -0.1) is 0 Å². The van der Waals surface area contributed by atoms with Crippen molar-refractivity contribution in [1.82, 2.24) is 5.32 Å². The van der Waals surface area contributed by atoms with Crippen LogP contribution < -0.4 is 10.1 Å². The number of benzene rings is 1. The summed E-state index contributed by atoms with van der Waals surface area (Å²) in [6, 6.07) is 7.70. The molecule has 2 N–H and O–H groups in total. The van der Waals surface area contributed by atoms with Crippen LogP contribution in [0.4, 0.5) is 0 Å². The molecule has 82 valence electrons. The van der Waals surface area contributed by atoms with Gasteiger partial charge in [0, 0.05) is 12.1 Å². The maximum Gasteiger partial charge on any atom is 0.125 e. The van der Waals surface area contributed by atoms with Gasteiger partial charge in [0.25, 0.3) is 0 Å². The monoisotopic (exact) mass is 207 g/mol. The molecule has 15 heavy (non-hydrogen) atoms. The van der Waals surface area contributed by atoms with Gasteiger partial charge < -0.3 is 15.2 Å². The summed E-state index contributed by atoms with van der Waals surface area (Å²) in [5, 5.41) is 12.8. The van der Waals surface area contributed by atoms with E-state index in [0.29, 0.717) is 12.6 Å². The summed E-state index contributed by atoms with van der Waals surface area (Å²) in [7, 11) is 1.83. The van der Waals surface area contributed by atoms with Crippen LogP contribution in [0.1, 0.15) is 24.5 Å². The number of likely N-dealkylation sites (N-methyl/N-ethyl adjacent to an activating group) is 1. The molecule has 1 aromatic rings. The van der Waals surface area contributed by atoms with Crippen molar-refractivity contribution >= 4 is 0 Å². The van der Waals surface area contributed by atoms with Gasteiger partial charge in [-0.3, -0.25) is 0 Å². The highest BCUT2D eigenvalue weighted by Gasteiger charge is 2.25. The summed E-state index contributed by atoms with van der Waals surface area (Å²) in [5.74, 6) is 0.822. The molecular formula is C12H17NO2. The molecule has 3 heteroatoms. The molecule has 0 aliphatic heterocycles. The molecule has 0 heterocycles. The third-order valence-electron chi connectivity index (χ3n) is 2.49. The van der Waals surface area contributed by atoms with Gasteiger partial charge >= 0.3 is 0 Å². The number of nitrogens with one attached hydrogen (secondary N) is 1. The first-order chi connectivity index (χ1) is 7.31. The minimum absolute atomic E-state index is 0.368. The molecule has 1 aromatic carbocycles. The van der Waals surface area contributed by atoms with Crippen molar-refractivity contribution in [3.63, 3.8) is 0 Å². The van der Waals surface area contributed by atoms with Crippen LogP contribution in [0.15, 0.2) is 24.3 Å². The van der Waals surface area contributed by atoms with Gasteiger partial charge in [-0.1, -0.05) is 18.2 Å². The van der Waals surface area contributed by atoms with Crippen molar-refractivity contribution in [3.05, 3.63) is 29.8 Å². The number of para-hydroxylation sites is 1. The van der Waals surface area contributed by atoms with E-state index < -0.39 is 6.10 Å². The van der Waals surface area contributed by atoms with Crippen LogP contribution in [0.5, 0.6) is 5.75 Å². The molecule has 1 aliphatic rings. The van der Waals surface area contributed by atoms with E-state index in [2.05, 4.69) is 5.32 Å². The second-order valence-electron chi connectivity index (χ2n) is 3.93. The first-order valence-corrected chi connectivity index (χ1v) is 5.39. The van der Waals surface area contributed by atoms with Gasteiger partial charge in [0.1, 0.15) is 5.75 Å². The highest BCUT2D eigenvalue weighted by Crippen LogP contribution is 2.31. The van der Waals surface area contributed by atoms with Crippen molar-refractivity contribution in [3.8, 4) is 5.75 Å². The standard InChI is InChI=1S/C12H17NO2/c1-13-8-11(14)10-4-2-3-5-12(10)15-9-6-7-9/h2-5,9,11,13-14H,6-8H2,1H3. The predicted molar refractivity (Wildman–Crippen MR) is 59.0 cm³/mol. The molecule has 1 saturated carbocycles. The fourth-order valence-corrected chi connectivity index (χ4v) is 1.53. The van der Waals surface area contributed by atoms with Gasteiger partial charge in [-0.2, -0.15) is 0 Å². The Morgan fingerprint density at radius 2 is 2.20 bits per heavy atom. The zero-order valence-electron chi connectivity index (χ0n) is 8.94. The van der Waals surface area contributed by atoms with E-state index in [1.807, 2.05) is 31.3 Å². The average molecular weight is 207 g/mol. The quantitative estimate of drug-likeness (QED) is 0.768. The Labute approximate surface area is 90.1 Å². The number of hydrogen-bond acceptors (Lipinski definition) is 3. The first-order valence-electron chi connectivity index (χ1n) is 5.39. The second-order valence-corrected chi connectivity index (χ2v) is 3.93. The summed E-state index contributed by atoms with van der Waals surface area (Å²) >= 11 is 0. The normalized spacial score (nSPS) is 17.5. The second kappa shape index (κ2) is 4.64. The largest absolute Gasteiger partial charge is 0.490 e. The summed E-state index contributed by atoms with van der Waals surface area (Å²) in [4.78, 5) is 0. The van der Waals surface area contributed by atoms with Crippen LogP contribution in [-0.2, 0) is 0 Å². The molecule has 1 aliphatic carbocycles. The molecule has 0 saturated heterocycles. The van der Waals surface area contributed by atoms with Gasteiger partial charge in [0.05, 0.1) is 12.2 Å². The summed E-state index contributed by atoms with van der Waals surface area (Å²) < 4.78 is 5.74. The molecule has 0 bridgehead atoms. The molecular weight excluding hydrogens is 190 g/mol. The minimum Gasteiger partial charge on any atom is -0.490 e. The van der Waals surface area contributed by atoms with Crippen molar-refractivity contribution in [2.75, 3.05) is 13.6 Å². The first kappa shape index (κ1) is 10.5.